The summed E-state index contributed by atoms with van der Waals surface area (Å²) in [5, 5.41) is 2.91. The maximum atomic E-state index is 13.6. The van der Waals surface area contributed by atoms with Gasteiger partial charge in [-0.05, 0) is 37.3 Å². The molecule has 0 aliphatic carbocycles. The molecule has 3 rings (SSSR count). The van der Waals surface area contributed by atoms with Crippen molar-refractivity contribution in [1.29, 1.82) is 0 Å². The number of halogens is 1. The van der Waals surface area contributed by atoms with Crippen molar-refractivity contribution in [3.05, 3.63) is 48.3 Å². The number of nitrogens with one attached hydrogen (secondary N) is 1. The molecule has 26 heavy (non-hydrogen) atoms. The van der Waals surface area contributed by atoms with E-state index in [4.69, 9.17) is 4.74 Å². The third kappa shape index (κ3) is 4.00. The second-order valence-corrected chi connectivity index (χ2v) is 8.65. The molecule has 0 fully saturated rings. The maximum Gasteiger partial charge on any atom is 0.266 e. The lowest BCUT2D eigenvalue weighted by molar-refractivity contribution is -0.122. The molecule has 2 aromatic carbocycles. The van der Waals surface area contributed by atoms with Crippen LogP contribution in [0, 0.1) is 5.82 Å². The van der Waals surface area contributed by atoms with Crippen LogP contribution < -0.4 is 10.1 Å². The summed E-state index contributed by atoms with van der Waals surface area (Å²) >= 11 is 1.15. The zero-order chi connectivity index (χ0) is 18.9. The summed E-state index contributed by atoms with van der Waals surface area (Å²) in [6, 6.07) is 10.4. The van der Waals surface area contributed by atoms with Crippen LogP contribution in [0.1, 0.15) is 6.92 Å². The van der Waals surface area contributed by atoms with E-state index in [9.17, 15) is 17.6 Å². The summed E-state index contributed by atoms with van der Waals surface area (Å²) in [5.74, 6) is -1.06. The Bertz CT molecular complexity index is 1080. The van der Waals surface area contributed by atoms with Gasteiger partial charge in [-0.15, -0.1) is 0 Å². The van der Waals surface area contributed by atoms with E-state index < -0.39 is 27.7 Å². The van der Waals surface area contributed by atoms with Gasteiger partial charge < -0.3 is 4.74 Å². The van der Waals surface area contributed by atoms with Crippen molar-refractivity contribution >= 4 is 42.4 Å². The number of sulfone groups is 1. The SMILES string of the molecule is C[C@H](Oc1ccccc1F)C(=O)Nc1nc2ccc(S(C)(=O)=O)cc2s1. The highest BCUT2D eigenvalue weighted by atomic mass is 32.2. The molecule has 1 amide bonds. The maximum absolute atomic E-state index is 13.6. The molecule has 9 heteroatoms. The van der Waals surface area contributed by atoms with Crippen LogP contribution in [0.25, 0.3) is 10.2 Å². The summed E-state index contributed by atoms with van der Waals surface area (Å²) in [7, 11) is -3.32. The van der Waals surface area contributed by atoms with Crippen molar-refractivity contribution in [3.63, 3.8) is 0 Å². The number of aromatic nitrogens is 1. The number of hydrogen-bond acceptors (Lipinski definition) is 6. The molecule has 1 atom stereocenters. The lowest BCUT2D eigenvalue weighted by Gasteiger charge is -2.13. The summed E-state index contributed by atoms with van der Waals surface area (Å²) in [6.45, 7) is 1.50. The molecule has 1 N–H and O–H groups in total. The predicted octanol–water partition coefficient (Wildman–Crippen LogP) is 3.24. The van der Waals surface area contributed by atoms with Crippen molar-refractivity contribution < 1.29 is 22.3 Å². The molecule has 0 aliphatic heterocycles. The van der Waals surface area contributed by atoms with E-state index in [2.05, 4.69) is 10.3 Å². The lowest BCUT2D eigenvalue weighted by Crippen LogP contribution is -2.30. The highest BCUT2D eigenvalue weighted by Gasteiger charge is 2.18. The van der Waals surface area contributed by atoms with E-state index in [1.54, 1.807) is 12.1 Å². The first-order chi connectivity index (χ1) is 12.2. The van der Waals surface area contributed by atoms with E-state index in [0.717, 1.165) is 17.6 Å². The Balaban J connectivity index is 1.75. The minimum Gasteiger partial charge on any atom is -0.478 e. The third-order valence-corrected chi connectivity index (χ3v) is 5.57. The standard InChI is InChI=1S/C17H15FN2O4S2/c1-10(24-14-6-4-3-5-12(14)18)16(21)20-17-19-13-8-7-11(26(2,22)23)9-15(13)25-17/h3-10H,1-2H3,(H,19,20,21)/t10-/m0/s1. The highest BCUT2D eigenvalue weighted by molar-refractivity contribution is 7.90. The van der Waals surface area contributed by atoms with Gasteiger partial charge in [-0.3, -0.25) is 10.1 Å². The van der Waals surface area contributed by atoms with Crippen molar-refractivity contribution in [2.24, 2.45) is 0 Å². The number of amides is 1. The van der Waals surface area contributed by atoms with Gasteiger partial charge in [0.1, 0.15) is 0 Å². The zero-order valence-corrected chi connectivity index (χ0v) is 15.5. The Kier molecular flexibility index (Phi) is 4.92. The van der Waals surface area contributed by atoms with Gasteiger partial charge in [0, 0.05) is 6.26 Å². The van der Waals surface area contributed by atoms with Crippen LogP contribution >= 0.6 is 11.3 Å². The van der Waals surface area contributed by atoms with Crippen molar-refractivity contribution in [2.45, 2.75) is 17.9 Å². The number of carbonyl (C=O) groups excluding carboxylic acids is 1. The fourth-order valence-electron chi connectivity index (χ4n) is 2.18. The van der Waals surface area contributed by atoms with E-state index >= 15 is 0 Å². The minimum atomic E-state index is -3.32. The zero-order valence-electron chi connectivity index (χ0n) is 13.9. The topological polar surface area (TPSA) is 85.4 Å². The fourth-order valence-corrected chi connectivity index (χ4v) is 3.81. The minimum absolute atomic E-state index is 0.0164. The summed E-state index contributed by atoms with van der Waals surface area (Å²) in [4.78, 5) is 16.7. The predicted molar refractivity (Wildman–Crippen MR) is 97.8 cm³/mol. The van der Waals surface area contributed by atoms with Crippen LogP contribution in [-0.2, 0) is 14.6 Å². The summed E-state index contributed by atoms with van der Waals surface area (Å²) in [5.41, 5.74) is 0.570. The van der Waals surface area contributed by atoms with Gasteiger partial charge in [0.2, 0.25) is 0 Å². The van der Waals surface area contributed by atoms with E-state index in [0.29, 0.717) is 15.3 Å². The summed E-state index contributed by atoms with van der Waals surface area (Å²) < 4.78 is 42.8. The van der Waals surface area contributed by atoms with Gasteiger partial charge >= 0.3 is 0 Å². The number of para-hydroxylation sites is 1. The van der Waals surface area contributed by atoms with Crippen molar-refractivity contribution in [3.8, 4) is 5.75 Å². The number of thiazole rings is 1. The van der Waals surface area contributed by atoms with Crippen LogP contribution in [0.2, 0.25) is 0 Å². The Hall–Kier alpha value is -2.52. The van der Waals surface area contributed by atoms with E-state index in [1.165, 1.54) is 37.3 Å². The molecule has 0 bridgehead atoms. The number of nitrogens with zero attached hydrogens (tertiary/aromatic N) is 1. The van der Waals surface area contributed by atoms with Gasteiger partial charge in [0.15, 0.2) is 32.6 Å². The first-order valence-electron chi connectivity index (χ1n) is 7.57. The number of anilines is 1. The van der Waals surface area contributed by atoms with Crippen LogP contribution in [0.3, 0.4) is 0 Å². The number of ether oxygens (including phenoxy) is 1. The molecule has 0 saturated heterocycles. The van der Waals surface area contributed by atoms with Gasteiger partial charge in [-0.2, -0.15) is 0 Å². The molecule has 0 spiro atoms. The van der Waals surface area contributed by atoms with Crippen LogP contribution in [0.15, 0.2) is 47.4 Å². The smallest absolute Gasteiger partial charge is 0.266 e. The largest absolute Gasteiger partial charge is 0.478 e. The van der Waals surface area contributed by atoms with E-state index in [1.807, 2.05) is 0 Å². The van der Waals surface area contributed by atoms with Gasteiger partial charge in [-0.25, -0.2) is 17.8 Å². The molecule has 6 nitrogen and oxygen atoms in total. The third-order valence-electron chi connectivity index (χ3n) is 3.53. The number of carbonyl (C=O) groups is 1. The normalized spacial score (nSPS) is 12.7. The molecule has 1 aromatic heterocycles. The van der Waals surface area contributed by atoms with Gasteiger partial charge in [0.25, 0.3) is 5.91 Å². The van der Waals surface area contributed by atoms with E-state index in [-0.39, 0.29) is 10.6 Å². The second kappa shape index (κ2) is 7.00. The monoisotopic (exact) mass is 394 g/mol. The molecular formula is C17H15FN2O4S2. The molecule has 1 heterocycles. The fraction of sp³-hybridized carbons (Fsp3) is 0.176. The van der Waals surface area contributed by atoms with Crippen LogP contribution in [-0.4, -0.2) is 31.7 Å². The number of fused-ring (bicyclic) bond motifs is 1. The molecule has 0 saturated carbocycles. The first-order valence-corrected chi connectivity index (χ1v) is 10.3. The molecule has 0 unspecified atom stereocenters. The van der Waals surface area contributed by atoms with Gasteiger partial charge in [-0.1, -0.05) is 23.5 Å². The number of benzene rings is 2. The Morgan fingerprint density at radius 2 is 2.00 bits per heavy atom. The Morgan fingerprint density at radius 3 is 2.69 bits per heavy atom. The van der Waals surface area contributed by atoms with Crippen molar-refractivity contribution in [1.82, 2.24) is 4.98 Å². The highest BCUT2D eigenvalue weighted by Crippen LogP contribution is 2.28. The molecule has 0 radical (unpaired) electrons. The second-order valence-electron chi connectivity index (χ2n) is 5.60. The quantitative estimate of drug-likeness (QED) is 0.718. The molecule has 3 aromatic rings. The molecule has 0 aliphatic rings. The van der Waals surface area contributed by atoms with Crippen molar-refractivity contribution in [2.75, 3.05) is 11.6 Å². The van der Waals surface area contributed by atoms with Crippen LogP contribution in [0.5, 0.6) is 5.75 Å². The number of hydrogen-bond donors (Lipinski definition) is 1. The van der Waals surface area contributed by atoms with Crippen LogP contribution in [0.4, 0.5) is 9.52 Å². The average Bonchev–Trinajstić information content (AvgIpc) is 2.97. The Morgan fingerprint density at radius 1 is 1.27 bits per heavy atom. The number of rotatable bonds is 5. The first kappa shape index (κ1) is 18.3. The average molecular weight is 394 g/mol. The van der Waals surface area contributed by atoms with Gasteiger partial charge in [0.05, 0.1) is 15.1 Å². The molecular weight excluding hydrogens is 379 g/mol. The lowest BCUT2D eigenvalue weighted by atomic mass is 10.3. The molecule has 136 valence electrons. The Labute approximate surface area is 153 Å². The summed E-state index contributed by atoms with van der Waals surface area (Å²) in [6.07, 6.45) is 0.185.